The van der Waals surface area contributed by atoms with E-state index in [1.807, 2.05) is 73.7 Å². The second-order valence-electron chi connectivity index (χ2n) is 5.54. The molecule has 4 heteroatoms. The molecule has 1 amide bonds. The van der Waals surface area contributed by atoms with E-state index in [4.69, 9.17) is 11.6 Å². The van der Waals surface area contributed by atoms with Crippen LogP contribution < -0.4 is 4.90 Å². The molecule has 0 spiro atoms. The first-order valence-corrected chi connectivity index (χ1v) is 8.06. The van der Waals surface area contributed by atoms with Crippen molar-refractivity contribution in [2.45, 2.75) is 13.5 Å². The van der Waals surface area contributed by atoms with E-state index in [0.29, 0.717) is 22.9 Å². The monoisotopic (exact) mass is 336 g/mol. The van der Waals surface area contributed by atoms with Gasteiger partial charge in [0.1, 0.15) is 5.82 Å². The van der Waals surface area contributed by atoms with Crippen molar-refractivity contribution in [2.24, 2.45) is 0 Å². The van der Waals surface area contributed by atoms with Crippen LogP contribution in [-0.2, 0) is 6.54 Å². The summed E-state index contributed by atoms with van der Waals surface area (Å²) >= 11 is 6.27. The number of nitrogens with zero attached hydrogens (tertiary/aromatic N) is 2. The van der Waals surface area contributed by atoms with Gasteiger partial charge in [-0.25, -0.2) is 4.98 Å². The maximum atomic E-state index is 13.1. The first-order chi connectivity index (χ1) is 11.6. The summed E-state index contributed by atoms with van der Waals surface area (Å²) in [5.41, 5.74) is 2.55. The zero-order chi connectivity index (χ0) is 16.9. The topological polar surface area (TPSA) is 33.2 Å². The van der Waals surface area contributed by atoms with E-state index in [0.717, 1.165) is 11.1 Å². The molecule has 0 aliphatic rings. The first-order valence-electron chi connectivity index (χ1n) is 7.68. The van der Waals surface area contributed by atoms with Crippen LogP contribution in [0, 0.1) is 6.92 Å². The Morgan fingerprint density at radius 3 is 2.54 bits per heavy atom. The lowest BCUT2D eigenvalue weighted by atomic mass is 10.1. The van der Waals surface area contributed by atoms with Crippen molar-refractivity contribution in [3.05, 3.63) is 94.6 Å². The Bertz CT molecular complexity index is 849. The standard InChI is InChI=1S/C20H17ClN2O/c1-15-7-6-9-16(13-15)20(24)23(19-11-4-5-12-22-19)14-17-8-2-3-10-18(17)21/h2-13H,14H2,1H3. The molecule has 0 saturated carbocycles. The van der Waals surface area contributed by atoms with Gasteiger partial charge in [0, 0.05) is 16.8 Å². The van der Waals surface area contributed by atoms with Gasteiger partial charge < -0.3 is 0 Å². The van der Waals surface area contributed by atoms with Crippen LogP contribution >= 0.6 is 11.6 Å². The highest BCUT2D eigenvalue weighted by atomic mass is 35.5. The Balaban J connectivity index is 1.99. The second kappa shape index (κ2) is 7.28. The predicted octanol–water partition coefficient (Wildman–Crippen LogP) is 4.89. The molecule has 0 radical (unpaired) electrons. The molecule has 3 nitrogen and oxygen atoms in total. The van der Waals surface area contributed by atoms with Crippen LogP contribution in [0.2, 0.25) is 5.02 Å². The van der Waals surface area contributed by atoms with Gasteiger partial charge >= 0.3 is 0 Å². The van der Waals surface area contributed by atoms with E-state index >= 15 is 0 Å². The van der Waals surface area contributed by atoms with Crippen LogP contribution in [0.4, 0.5) is 5.82 Å². The van der Waals surface area contributed by atoms with E-state index < -0.39 is 0 Å². The lowest BCUT2D eigenvalue weighted by molar-refractivity contribution is 0.0984. The SMILES string of the molecule is Cc1cccc(C(=O)N(Cc2ccccc2Cl)c2ccccn2)c1. The molecule has 0 N–H and O–H groups in total. The molecular weight excluding hydrogens is 320 g/mol. The van der Waals surface area contributed by atoms with Gasteiger partial charge in [0.25, 0.3) is 5.91 Å². The molecule has 0 atom stereocenters. The number of benzene rings is 2. The fourth-order valence-electron chi connectivity index (χ4n) is 2.50. The van der Waals surface area contributed by atoms with Crippen molar-refractivity contribution in [3.63, 3.8) is 0 Å². The maximum Gasteiger partial charge on any atom is 0.259 e. The average molecular weight is 337 g/mol. The second-order valence-corrected chi connectivity index (χ2v) is 5.95. The summed E-state index contributed by atoms with van der Waals surface area (Å²) < 4.78 is 0. The Kier molecular flexibility index (Phi) is 4.92. The molecule has 0 bridgehead atoms. The maximum absolute atomic E-state index is 13.1. The van der Waals surface area contributed by atoms with Crippen LogP contribution in [-0.4, -0.2) is 10.9 Å². The summed E-state index contributed by atoms with van der Waals surface area (Å²) in [5, 5.41) is 0.635. The summed E-state index contributed by atoms with van der Waals surface area (Å²) in [6.45, 7) is 2.33. The van der Waals surface area contributed by atoms with Crippen LogP contribution in [0.3, 0.4) is 0 Å². The van der Waals surface area contributed by atoms with Crippen LogP contribution in [0.25, 0.3) is 0 Å². The van der Waals surface area contributed by atoms with Crippen molar-refractivity contribution in [3.8, 4) is 0 Å². The van der Waals surface area contributed by atoms with Gasteiger partial charge in [0.05, 0.1) is 6.54 Å². The van der Waals surface area contributed by atoms with Crippen molar-refractivity contribution in [1.29, 1.82) is 0 Å². The minimum absolute atomic E-state index is 0.0997. The Hall–Kier alpha value is -2.65. The lowest BCUT2D eigenvalue weighted by Crippen LogP contribution is -2.31. The van der Waals surface area contributed by atoms with E-state index in [-0.39, 0.29) is 5.91 Å². The third-order valence-corrected chi connectivity index (χ3v) is 4.09. The van der Waals surface area contributed by atoms with Crippen LogP contribution in [0.5, 0.6) is 0 Å². The van der Waals surface area contributed by atoms with E-state index in [1.54, 1.807) is 11.1 Å². The number of rotatable bonds is 4. The minimum atomic E-state index is -0.0997. The molecule has 0 saturated heterocycles. The molecular formula is C20H17ClN2O. The quantitative estimate of drug-likeness (QED) is 0.679. The average Bonchev–Trinajstić information content (AvgIpc) is 2.61. The summed E-state index contributed by atoms with van der Waals surface area (Å²) in [7, 11) is 0. The highest BCUT2D eigenvalue weighted by Gasteiger charge is 2.20. The molecule has 2 aromatic carbocycles. The van der Waals surface area contributed by atoms with Crippen molar-refractivity contribution < 1.29 is 4.79 Å². The Morgan fingerprint density at radius 1 is 1.04 bits per heavy atom. The van der Waals surface area contributed by atoms with Gasteiger partial charge in [-0.2, -0.15) is 0 Å². The van der Waals surface area contributed by atoms with Gasteiger partial charge in [0.15, 0.2) is 0 Å². The highest BCUT2D eigenvalue weighted by Crippen LogP contribution is 2.22. The fourth-order valence-corrected chi connectivity index (χ4v) is 2.70. The zero-order valence-electron chi connectivity index (χ0n) is 13.3. The molecule has 0 fully saturated rings. The highest BCUT2D eigenvalue weighted by molar-refractivity contribution is 6.31. The minimum Gasteiger partial charge on any atom is -0.288 e. The third-order valence-electron chi connectivity index (χ3n) is 3.72. The third kappa shape index (κ3) is 3.63. The summed E-state index contributed by atoms with van der Waals surface area (Å²) in [4.78, 5) is 19.0. The van der Waals surface area contributed by atoms with Crippen molar-refractivity contribution >= 4 is 23.3 Å². The normalized spacial score (nSPS) is 10.4. The van der Waals surface area contributed by atoms with Gasteiger partial charge in [-0.1, -0.05) is 53.6 Å². The summed E-state index contributed by atoms with van der Waals surface area (Å²) in [6, 6.07) is 20.6. The molecule has 0 unspecified atom stereocenters. The van der Waals surface area contributed by atoms with E-state index in [2.05, 4.69) is 4.98 Å². The number of carbonyl (C=O) groups is 1. The number of hydrogen-bond donors (Lipinski definition) is 0. The number of amides is 1. The number of aryl methyl sites for hydroxylation is 1. The van der Waals surface area contributed by atoms with Crippen LogP contribution in [0.1, 0.15) is 21.5 Å². The summed E-state index contributed by atoms with van der Waals surface area (Å²) in [6.07, 6.45) is 1.68. The van der Waals surface area contributed by atoms with Gasteiger partial charge in [-0.05, 0) is 42.8 Å². The molecule has 3 rings (SSSR count). The molecule has 1 heterocycles. The molecule has 120 valence electrons. The van der Waals surface area contributed by atoms with Gasteiger partial charge in [0.2, 0.25) is 0 Å². The number of halogens is 1. The molecule has 0 aliphatic carbocycles. The molecule has 1 aromatic heterocycles. The smallest absolute Gasteiger partial charge is 0.259 e. The van der Waals surface area contributed by atoms with Gasteiger partial charge in [-0.3, -0.25) is 9.69 Å². The number of hydrogen-bond acceptors (Lipinski definition) is 2. The number of aromatic nitrogens is 1. The van der Waals surface area contributed by atoms with E-state index in [1.165, 1.54) is 0 Å². The summed E-state index contributed by atoms with van der Waals surface area (Å²) in [5.74, 6) is 0.501. The number of pyridine rings is 1. The lowest BCUT2D eigenvalue weighted by Gasteiger charge is -2.22. The van der Waals surface area contributed by atoms with Crippen molar-refractivity contribution in [2.75, 3.05) is 4.90 Å². The first kappa shape index (κ1) is 16.2. The largest absolute Gasteiger partial charge is 0.288 e. The molecule has 0 aliphatic heterocycles. The molecule has 24 heavy (non-hydrogen) atoms. The van der Waals surface area contributed by atoms with Crippen LogP contribution in [0.15, 0.2) is 72.9 Å². The van der Waals surface area contributed by atoms with Gasteiger partial charge in [-0.15, -0.1) is 0 Å². The predicted molar refractivity (Wildman–Crippen MR) is 97.4 cm³/mol. The number of carbonyl (C=O) groups excluding carboxylic acids is 1. The zero-order valence-corrected chi connectivity index (χ0v) is 14.1. The number of anilines is 1. The Labute approximate surface area is 146 Å². The fraction of sp³-hybridized carbons (Fsp3) is 0.100. The van der Waals surface area contributed by atoms with E-state index in [9.17, 15) is 4.79 Å². The molecule has 3 aromatic rings. The Morgan fingerprint density at radius 2 is 1.83 bits per heavy atom. The van der Waals surface area contributed by atoms with Crippen molar-refractivity contribution in [1.82, 2.24) is 4.98 Å².